The number of hydrogen-bond donors (Lipinski definition) is 1. The van der Waals surface area contributed by atoms with Crippen LogP contribution in [0.2, 0.25) is 0 Å². The van der Waals surface area contributed by atoms with Crippen molar-refractivity contribution in [2.45, 2.75) is 20.3 Å². The normalized spacial score (nSPS) is 8.64. The first-order chi connectivity index (χ1) is 10.1. The summed E-state index contributed by atoms with van der Waals surface area (Å²) in [6.45, 7) is 3.59. The van der Waals surface area contributed by atoms with Crippen molar-refractivity contribution in [1.29, 1.82) is 0 Å². The maximum atomic E-state index is 10.5. The molecule has 0 aliphatic heterocycles. The Morgan fingerprint density at radius 2 is 1.68 bits per heavy atom. The van der Waals surface area contributed by atoms with E-state index in [0.29, 0.717) is 5.13 Å². The molecule has 3 aromatic rings. The van der Waals surface area contributed by atoms with Gasteiger partial charge in [0.1, 0.15) is 10.8 Å². The number of nitrogens with zero attached hydrogens (tertiary/aromatic N) is 2. The minimum absolute atomic E-state index is 0. The molecule has 0 unspecified atom stereocenters. The molecule has 0 saturated heterocycles. The Balaban J connectivity index is 0.000000302. The molecular formula is C16H19FeN3OS-6. The first-order valence-corrected chi connectivity index (χ1v) is 7.42. The number of carbonyl (C=O) groups excluding carboxylic acids is 1. The fourth-order valence-electron chi connectivity index (χ4n) is 1.34. The van der Waals surface area contributed by atoms with Crippen molar-refractivity contribution in [3.8, 4) is 0 Å². The van der Waals surface area contributed by atoms with Gasteiger partial charge in [-0.05, 0) is 13.3 Å². The summed E-state index contributed by atoms with van der Waals surface area (Å²) in [5, 5.41) is 8.97. The fourth-order valence-corrected chi connectivity index (χ4v) is 1.89. The van der Waals surface area contributed by atoms with Crippen molar-refractivity contribution in [3.05, 3.63) is 65.2 Å². The van der Waals surface area contributed by atoms with Gasteiger partial charge < -0.3 is 40.9 Å². The predicted molar refractivity (Wildman–Crippen MR) is 87.8 cm³/mol. The molecule has 0 saturated carbocycles. The Hall–Kier alpha value is -1.75. The van der Waals surface area contributed by atoms with Gasteiger partial charge in [-0.2, -0.15) is 12.1 Å². The Morgan fingerprint density at radius 3 is 1.91 bits per heavy atom. The zero-order valence-corrected chi connectivity index (χ0v) is 14.5. The van der Waals surface area contributed by atoms with E-state index in [2.05, 4.69) is 10.2 Å². The molecule has 1 heterocycles. The third kappa shape index (κ3) is 8.52. The van der Waals surface area contributed by atoms with Crippen LogP contribution in [0.3, 0.4) is 0 Å². The van der Waals surface area contributed by atoms with Gasteiger partial charge in [-0.1, -0.05) is 23.8 Å². The standard InChI is InChI=1S/C7H7O.C5H5.C4H7N3S.Fe/c1-6(8)7-4-2-3-5-7;1-2-4-5-3-1;1-2-3-6-7-4(5)8-3;/h2-5H,1H3;1-5H;2H2,1H3,(H2,5,7);/q-1;-5;;. The third-order valence-electron chi connectivity index (χ3n) is 2.41. The molecule has 0 spiro atoms. The number of hydrogen-bond acceptors (Lipinski definition) is 5. The molecule has 0 radical (unpaired) electrons. The van der Waals surface area contributed by atoms with Crippen LogP contribution in [0.1, 0.15) is 29.2 Å². The molecule has 0 bridgehead atoms. The maximum absolute atomic E-state index is 10.5. The molecular weight excluding hydrogens is 338 g/mol. The Morgan fingerprint density at radius 1 is 1.18 bits per heavy atom. The van der Waals surface area contributed by atoms with Crippen molar-refractivity contribution in [2.75, 3.05) is 5.73 Å². The van der Waals surface area contributed by atoms with E-state index in [1.807, 2.05) is 61.5 Å². The number of nitrogens with two attached hydrogens (primary N) is 1. The van der Waals surface area contributed by atoms with E-state index in [0.717, 1.165) is 17.0 Å². The van der Waals surface area contributed by atoms with Gasteiger partial charge >= 0.3 is 0 Å². The van der Waals surface area contributed by atoms with Crippen LogP contribution in [-0.4, -0.2) is 16.0 Å². The van der Waals surface area contributed by atoms with Crippen molar-refractivity contribution in [3.63, 3.8) is 0 Å². The van der Waals surface area contributed by atoms with Crippen LogP contribution in [0.4, 0.5) is 5.13 Å². The number of anilines is 1. The molecule has 3 rings (SSSR count). The molecule has 2 aromatic carbocycles. The van der Waals surface area contributed by atoms with Crippen LogP contribution in [0.15, 0.2) is 54.6 Å². The summed E-state index contributed by atoms with van der Waals surface area (Å²) in [5.41, 5.74) is 6.10. The van der Waals surface area contributed by atoms with Gasteiger partial charge in [0.05, 0.1) is 0 Å². The third-order valence-corrected chi connectivity index (χ3v) is 3.31. The van der Waals surface area contributed by atoms with Gasteiger partial charge in [-0.3, -0.25) is 0 Å². The monoisotopic (exact) mass is 357 g/mol. The maximum Gasteiger partial charge on any atom is 0.203 e. The van der Waals surface area contributed by atoms with Gasteiger partial charge in [-0.25, -0.2) is 12.1 Å². The predicted octanol–water partition coefficient (Wildman–Crippen LogP) is 3.69. The van der Waals surface area contributed by atoms with E-state index in [4.69, 9.17) is 5.73 Å². The zero-order valence-electron chi connectivity index (χ0n) is 12.5. The topological polar surface area (TPSA) is 68.9 Å². The second kappa shape index (κ2) is 11.9. The summed E-state index contributed by atoms with van der Waals surface area (Å²) >= 11 is 1.44. The minimum atomic E-state index is 0. The second-order valence-corrected chi connectivity index (χ2v) is 5.17. The average Bonchev–Trinajstić information content (AvgIpc) is 3.23. The largest absolute Gasteiger partial charge is 0.748 e. The van der Waals surface area contributed by atoms with Gasteiger partial charge in [0.2, 0.25) is 5.13 Å². The number of carbonyl (C=O) groups is 1. The Labute approximate surface area is 145 Å². The van der Waals surface area contributed by atoms with Gasteiger partial charge in [0, 0.05) is 17.1 Å². The molecule has 0 fully saturated rings. The van der Waals surface area contributed by atoms with Crippen molar-refractivity contribution < 1.29 is 21.9 Å². The van der Waals surface area contributed by atoms with Crippen LogP contribution in [0.5, 0.6) is 0 Å². The molecule has 6 heteroatoms. The number of ketones is 1. The van der Waals surface area contributed by atoms with Crippen LogP contribution < -0.4 is 5.73 Å². The summed E-state index contributed by atoms with van der Waals surface area (Å²) in [6, 6.07) is 17.3. The molecule has 0 amide bonds. The number of aromatic nitrogens is 2. The Bertz CT molecular complexity index is 586. The van der Waals surface area contributed by atoms with Crippen LogP contribution in [-0.2, 0) is 23.5 Å². The first kappa shape index (κ1) is 20.2. The average molecular weight is 357 g/mol. The SMILES string of the molecule is CC(=O)[c-]1cccc1.CCc1nnc(N)s1.[Fe].[cH-]1[cH-][cH-][cH-][cH-]1. The summed E-state index contributed by atoms with van der Waals surface area (Å²) in [5.74, 6) is 0.134. The second-order valence-electron chi connectivity index (χ2n) is 4.08. The van der Waals surface area contributed by atoms with Crippen LogP contribution in [0.25, 0.3) is 0 Å². The molecule has 1 aromatic heterocycles. The molecule has 2 N–H and O–H groups in total. The van der Waals surface area contributed by atoms with Gasteiger partial charge in [0.15, 0.2) is 0 Å². The number of Topliss-reactive ketones (excluding diaryl/α,β-unsaturated/α-hetero) is 1. The van der Waals surface area contributed by atoms with E-state index in [1.165, 1.54) is 11.3 Å². The van der Waals surface area contributed by atoms with Crippen LogP contribution >= 0.6 is 11.3 Å². The molecule has 0 aliphatic rings. The van der Waals surface area contributed by atoms with Gasteiger partial charge in [-0.15, -0.1) is 10.2 Å². The van der Waals surface area contributed by atoms with E-state index in [1.54, 1.807) is 6.92 Å². The van der Waals surface area contributed by atoms with Crippen LogP contribution in [0, 0.1) is 0 Å². The minimum Gasteiger partial charge on any atom is -0.748 e. The quantitative estimate of drug-likeness (QED) is 0.431. The molecule has 22 heavy (non-hydrogen) atoms. The molecule has 0 aliphatic carbocycles. The summed E-state index contributed by atoms with van der Waals surface area (Å²) < 4.78 is 0. The van der Waals surface area contributed by atoms with E-state index >= 15 is 0 Å². The van der Waals surface area contributed by atoms with E-state index in [-0.39, 0.29) is 22.9 Å². The number of rotatable bonds is 2. The Kier molecular flexibility index (Phi) is 10.9. The fraction of sp³-hybridized carbons (Fsp3) is 0.188. The van der Waals surface area contributed by atoms with Crippen molar-refractivity contribution >= 4 is 22.3 Å². The summed E-state index contributed by atoms with van der Waals surface area (Å²) in [6.07, 6.45) is 0.925. The number of nitrogen functional groups attached to an aromatic ring is 1. The molecule has 4 nitrogen and oxygen atoms in total. The number of aryl methyl sites for hydroxylation is 1. The summed E-state index contributed by atoms with van der Waals surface area (Å²) in [4.78, 5) is 10.5. The van der Waals surface area contributed by atoms with Crippen molar-refractivity contribution in [1.82, 2.24) is 10.2 Å². The van der Waals surface area contributed by atoms with E-state index in [9.17, 15) is 4.79 Å². The summed E-state index contributed by atoms with van der Waals surface area (Å²) in [7, 11) is 0. The smallest absolute Gasteiger partial charge is 0.203 e. The van der Waals surface area contributed by atoms with Gasteiger partial charge in [0.25, 0.3) is 0 Å². The zero-order chi connectivity index (χ0) is 15.5. The molecule has 0 atom stereocenters. The van der Waals surface area contributed by atoms with E-state index < -0.39 is 0 Å². The first-order valence-electron chi connectivity index (χ1n) is 6.60. The molecule has 124 valence electrons. The van der Waals surface area contributed by atoms with Crippen molar-refractivity contribution in [2.24, 2.45) is 0 Å².